The average Bonchev–Trinajstić information content (AvgIpc) is 3.57. The van der Waals surface area contributed by atoms with Crippen LogP contribution in [-0.4, -0.2) is 27.3 Å². The smallest absolute Gasteiger partial charge is 0.251 e. The Labute approximate surface area is 231 Å². The largest absolute Gasteiger partial charge is 0.454 e. The van der Waals surface area contributed by atoms with E-state index in [0.29, 0.717) is 40.8 Å². The highest BCUT2D eigenvalue weighted by atomic mass is 79.9. The second kappa shape index (κ2) is 10.4. The van der Waals surface area contributed by atoms with Crippen LogP contribution in [0.25, 0.3) is 16.9 Å². The predicted molar refractivity (Wildman–Crippen MR) is 149 cm³/mol. The molecular formula is C28H21BrClN5O3. The maximum absolute atomic E-state index is 12.7. The Balaban J connectivity index is 1.17. The van der Waals surface area contributed by atoms with Crippen LogP contribution in [-0.2, 0) is 13.1 Å². The average molecular weight is 591 g/mol. The highest BCUT2D eigenvalue weighted by Crippen LogP contribution is 2.33. The summed E-state index contributed by atoms with van der Waals surface area (Å²) in [6, 6.07) is 22.7. The fraction of sp³-hybridized carbons (Fsp3) is 0.107. The minimum atomic E-state index is -0.178. The lowest BCUT2D eigenvalue weighted by Crippen LogP contribution is -2.22. The number of rotatable bonds is 7. The van der Waals surface area contributed by atoms with E-state index in [1.807, 2.05) is 48.5 Å². The minimum absolute atomic E-state index is 0.172. The maximum atomic E-state index is 12.7. The van der Waals surface area contributed by atoms with E-state index in [9.17, 15) is 4.79 Å². The molecule has 1 aliphatic rings. The number of aromatic nitrogens is 3. The number of amides is 1. The molecule has 0 radical (unpaired) electrons. The third kappa shape index (κ3) is 4.90. The molecule has 1 amide bonds. The molecule has 0 saturated carbocycles. The number of halogens is 2. The van der Waals surface area contributed by atoms with Gasteiger partial charge in [-0.25, -0.2) is 4.98 Å². The van der Waals surface area contributed by atoms with Crippen molar-refractivity contribution in [3.05, 3.63) is 105 Å². The topological polar surface area (TPSA) is 89.8 Å². The van der Waals surface area contributed by atoms with Gasteiger partial charge in [0.05, 0.1) is 16.4 Å². The summed E-state index contributed by atoms with van der Waals surface area (Å²) >= 11 is 9.98. The van der Waals surface area contributed by atoms with Gasteiger partial charge in [0, 0.05) is 35.3 Å². The molecule has 1 aliphatic heterocycles. The molecule has 2 aromatic heterocycles. The van der Waals surface area contributed by atoms with Gasteiger partial charge in [0.15, 0.2) is 17.1 Å². The Morgan fingerprint density at radius 3 is 2.66 bits per heavy atom. The van der Waals surface area contributed by atoms with Crippen molar-refractivity contribution < 1.29 is 14.3 Å². The van der Waals surface area contributed by atoms with Crippen molar-refractivity contribution in [1.82, 2.24) is 19.9 Å². The summed E-state index contributed by atoms with van der Waals surface area (Å²) in [4.78, 5) is 17.4. The number of hydrogen-bond acceptors (Lipinski definition) is 6. The first-order chi connectivity index (χ1) is 18.5. The Hall–Kier alpha value is -4.08. The first-order valence-corrected chi connectivity index (χ1v) is 13.0. The molecule has 0 unspecified atom stereocenters. The third-order valence-corrected chi connectivity index (χ3v) is 7.02. The number of benzene rings is 3. The lowest BCUT2D eigenvalue weighted by atomic mass is 10.1. The zero-order valence-electron chi connectivity index (χ0n) is 19.9. The normalized spacial score (nSPS) is 12.1. The summed E-state index contributed by atoms with van der Waals surface area (Å²) in [5.41, 5.74) is 4.82. The van der Waals surface area contributed by atoms with Crippen LogP contribution in [0.1, 0.15) is 21.5 Å². The highest BCUT2D eigenvalue weighted by molar-refractivity contribution is 9.10. The fourth-order valence-electron chi connectivity index (χ4n) is 4.23. The number of carbonyl (C=O) groups is 1. The van der Waals surface area contributed by atoms with E-state index in [4.69, 9.17) is 26.1 Å². The number of fused-ring (bicyclic) bond motifs is 2. The molecule has 0 bridgehead atoms. The van der Waals surface area contributed by atoms with Crippen LogP contribution in [0.2, 0.25) is 5.02 Å². The lowest BCUT2D eigenvalue weighted by Gasteiger charge is -2.12. The molecule has 0 fully saturated rings. The molecule has 2 N–H and O–H groups in total. The van der Waals surface area contributed by atoms with Crippen molar-refractivity contribution >= 4 is 44.9 Å². The van der Waals surface area contributed by atoms with E-state index >= 15 is 0 Å². The maximum Gasteiger partial charge on any atom is 0.251 e. The van der Waals surface area contributed by atoms with Gasteiger partial charge in [0.25, 0.3) is 5.91 Å². The van der Waals surface area contributed by atoms with Crippen LogP contribution in [0.3, 0.4) is 0 Å². The van der Waals surface area contributed by atoms with E-state index in [-0.39, 0.29) is 12.7 Å². The Kier molecular flexibility index (Phi) is 6.61. The first-order valence-electron chi connectivity index (χ1n) is 11.8. The predicted octanol–water partition coefficient (Wildman–Crippen LogP) is 6.08. The van der Waals surface area contributed by atoms with Gasteiger partial charge < -0.3 is 20.1 Å². The monoisotopic (exact) mass is 589 g/mol. The summed E-state index contributed by atoms with van der Waals surface area (Å²) in [6.45, 7) is 1.11. The Morgan fingerprint density at radius 2 is 1.79 bits per heavy atom. The van der Waals surface area contributed by atoms with E-state index in [1.54, 1.807) is 28.9 Å². The molecule has 6 rings (SSSR count). The summed E-state index contributed by atoms with van der Waals surface area (Å²) in [6.07, 6.45) is 1.72. The molecule has 0 aliphatic carbocycles. The number of nitrogens with one attached hydrogen (secondary N) is 2. The van der Waals surface area contributed by atoms with Crippen molar-refractivity contribution in [3.8, 4) is 22.8 Å². The zero-order valence-corrected chi connectivity index (χ0v) is 22.3. The Morgan fingerprint density at radius 1 is 0.974 bits per heavy atom. The number of nitrogens with zero attached hydrogens (tertiary/aromatic N) is 3. The number of ether oxygens (including phenoxy) is 2. The number of hydrogen-bond donors (Lipinski definition) is 2. The van der Waals surface area contributed by atoms with Gasteiger partial charge in [-0.15, -0.1) is 0 Å². The molecule has 10 heteroatoms. The van der Waals surface area contributed by atoms with Crippen molar-refractivity contribution in [2.45, 2.75) is 13.1 Å². The molecule has 0 spiro atoms. The van der Waals surface area contributed by atoms with Gasteiger partial charge in [-0.2, -0.15) is 9.61 Å². The van der Waals surface area contributed by atoms with E-state index in [0.717, 1.165) is 32.7 Å². The lowest BCUT2D eigenvalue weighted by molar-refractivity contribution is 0.0950. The van der Waals surface area contributed by atoms with Gasteiger partial charge in [-0.1, -0.05) is 54.1 Å². The highest BCUT2D eigenvalue weighted by Gasteiger charge is 2.16. The number of anilines is 1. The molecule has 0 atom stereocenters. The molecular weight excluding hydrogens is 570 g/mol. The number of carbonyl (C=O) groups excluding carboxylic acids is 1. The quantitative estimate of drug-likeness (QED) is 0.239. The standard InChI is InChI=1S/C28H21BrClN5O3/c29-21-15-33-35-26(12-23(34-27(21)35)20-6-1-2-7-22(20)30)31-13-17-4-3-5-18(10-17)14-32-28(36)19-8-9-24-25(11-19)38-16-37-24/h1-12,15,31H,13-14,16H2,(H,32,36). The van der Waals surface area contributed by atoms with E-state index < -0.39 is 0 Å². The summed E-state index contributed by atoms with van der Waals surface area (Å²) < 4.78 is 13.2. The molecule has 8 nitrogen and oxygen atoms in total. The molecule has 0 saturated heterocycles. The van der Waals surface area contributed by atoms with Crippen LogP contribution >= 0.6 is 27.5 Å². The summed E-state index contributed by atoms with van der Waals surface area (Å²) in [5.74, 6) is 1.83. The first kappa shape index (κ1) is 24.3. The van der Waals surface area contributed by atoms with Crippen molar-refractivity contribution in [3.63, 3.8) is 0 Å². The fourth-order valence-corrected chi connectivity index (χ4v) is 4.81. The minimum Gasteiger partial charge on any atom is -0.454 e. The van der Waals surface area contributed by atoms with Crippen LogP contribution in [0, 0.1) is 0 Å². The molecule has 5 aromatic rings. The Bertz CT molecular complexity index is 1670. The molecule has 3 aromatic carbocycles. The second-order valence-electron chi connectivity index (χ2n) is 8.66. The molecule has 3 heterocycles. The van der Waals surface area contributed by atoms with Crippen molar-refractivity contribution in [2.75, 3.05) is 12.1 Å². The van der Waals surface area contributed by atoms with Crippen LogP contribution in [0.4, 0.5) is 5.82 Å². The third-order valence-electron chi connectivity index (χ3n) is 6.13. The van der Waals surface area contributed by atoms with Gasteiger partial charge in [-0.3, -0.25) is 4.79 Å². The van der Waals surface area contributed by atoms with E-state index in [1.165, 1.54) is 0 Å². The van der Waals surface area contributed by atoms with Crippen LogP contribution < -0.4 is 20.1 Å². The van der Waals surface area contributed by atoms with Crippen LogP contribution in [0.5, 0.6) is 11.5 Å². The zero-order chi connectivity index (χ0) is 26.1. The van der Waals surface area contributed by atoms with E-state index in [2.05, 4.69) is 37.7 Å². The van der Waals surface area contributed by atoms with Crippen molar-refractivity contribution in [2.24, 2.45) is 0 Å². The van der Waals surface area contributed by atoms with Gasteiger partial charge in [0.1, 0.15) is 5.82 Å². The summed E-state index contributed by atoms with van der Waals surface area (Å²) in [5, 5.41) is 11.5. The second-order valence-corrected chi connectivity index (χ2v) is 9.92. The van der Waals surface area contributed by atoms with Crippen LogP contribution in [0.15, 0.2) is 83.5 Å². The summed E-state index contributed by atoms with van der Waals surface area (Å²) in [7, 11) is 0. The van der Waals surface area contributed by atoms with Crippen molar-refractivity contribution in [1.29, 1.82) is 0 Å². The molecule has 190 valence electrons. The van der Waals surface area contributed by atoms with Gasteiger partial charge in [-0.05, 0) is 51.3 Å². The van der Waals surface area contributed by atoms with Gasteiger partial charge >= 0.3 is 0 Å². The molecule has 38 heavy (non-hydrogen) atoms. The van der Waals surface area contributed by atoms with Gasteiger partial charge in [0.2, 0.25) is 6.79 Å². The SMILES string of the molecule is O=C(NCc1cccc(CNc2cc(-c3ccccc3Cl)nc3c(Br)cnn23)c1)c1ccc2c(c1)OCO2.